The number of carbonyl (C=O) groups excluding carboxylic acids is 3. The highest BCUT2D eigenvalue weighted by Gasteiger charge is 2.19. The molecule has 0 radical (unpaired) electrons. The van der Waals surface area contributed by atoms with E-state index in [0.29, 0.717) is 45.5 Å². The van der Waals surface area contributed by atoms with Gasteiger partial charge in [0.15, 0.2) is 0 Å². The molecule has 0 saturated carbocycles. The molecule has 1 rings (SSSR count). The fraction of sp³-hybridized carbons (Fsp3) is 0.833. The van der Waals surface area contributed by atoms with Gasteiger partial charge >= 0.3 is 18.1 Å². The number of rotatable bonds is 11. The van der Waals surface area contributed by atoms with Crippen LogP contribution in [-0.2, 0) is 28.5 Å². The van der Waals surface area contributed by atoms with E-state index < -0.39 is 6.16 Å². The summed E-state index contributed by atoms with van der Waals surface area (Å²) in [6.45, 7) is 7.31. The predicted octanol–water partition coefficient (Wildman–Crippen LogP) is 3.78. The van der Waals surface area contributed by atoms with Crippen molar-refractivity contribution in [1.29, 1.82) is 0 Å². The van der Waals surface area contributed by atoms with Crippen LogP contribution in [0.15, 0.2) is 0 Å². The van der Waals surface area contributed by atoms with Crippen LogP contribution in [0.1, 0.15) is 72.1 Å². The van der Waals surface area contributed by atoms with Crippen molar-refractivity contribution in [2.24, 2.45) is 0 Å². The van der Waals surface area contributed by atoms with Crippen LogP contribution in [0.2, 0.25) is 0 Å². The Morgan fingerprint density at radius 1 is 0.960 bits per heavy atom. The number of cyclic esters (lactones) is 2. The lowest BCUT2D eigenvalue weighted by Crippen LogP contribution is -2.07. The summed E-state index contributed by atoms with van der Waals surface area (Å²) in [5.41, 5.74) is 0. The van der Waals surface area contributed by atoms with E-state index in [0.717, 1.165) is 25.7 Å². The molecule has 0 bridgehead atoms. The molecular weight excluding hydrogens is 328 g/mol. The van der Waals surface area contributed by atoms with Crippen LogP contribution in [0.25, 0.3) is 0 Å². The van der Waals surface area contributed by atoms with Gasteiger partial charge in [0.25, 0.3) is 0 Å². The van der Waals surface area contributed by atoms with Gasteiger partial charge in [-0.15, -0.1) is 0 Å². The number of ether oxygens (including phenoxy) is 4. The maximum Gasteiger partial charge on any atom is 0.508 e. The number of hydrogen-bond donors (Lipinski definition) is 0. The van der Waals surface area contributed by atoms with Gasteiger partial charge in [-0.2, -0.15) is 0 Å². The summed E-state index contributed by atoms with van der Waals surface area (Å²) in [5.74, 6) is -0.328. The zero-order chi connectivity index (χ0) is 18.9. The summed E-state index contributed by atoms with van der Waals surface area (Å²) in [6, 6.07) is 0. The highest BCUT2D eigenvalue weighted by Crippen LogP contribution is 2.04. The van der Waals surface area contributed by atoms with Gasteiger partial charge in [-0.3, -0.25) is 9.59 Å². The van der Waals surface area contributed by atoms with Crippen LogP contribution in [-0.4, -0.2) is 44.0 Å². The second-order valence-electron chi connectivity index (χ2n) is 5.84. The van der Waals surface area contributed by atoms with E-state index in [-0.39, 0.29) is 18.0 Å². The third kappa shape index (κ3) is 15.5. The first-order valence-corrected chi connectivity index (χ1v) is 9.14. The predicted molar refractivity (Wildman–Crippen MR) is 92.1 cm³/mol. The van der Waals surface area contributed by atoms with E-state index in [4.69, 9.17) is 9.47 Å². The van der Waals surface area contributed by atoms with Crippen LogP contribution in [0.5, 0.6) is 0 Å². The summed E-state index contributed by atoms with van der Waals surface area (Å²) in [6.07, 6.45) is 5.44. The topological polar surface area (TPSA) is 88.1 Å². The van der Waals surface area contributed by atoms with Crippen LogP contribution in [0.3, 0.4) is 0 Å². The third-order valence-electron chi connectivity index (χ3n) is 3.27. The molecule has 0 aliphatic carbocycles. The van der Waals surface area contributed by atoms with Crippen molar-refractivity contribution in [3.05, 3.63) is 0 Å². The molecule has 1 unspecified atom stereocenters. The molecule has 1 aliphatic heterocycles. The fourth-order valence-corrected chi connectivity index (χ4v) is 1.76. The van der Waals surface area contributed by atoms with Gasteiger partial charge in [0.05, 0.1) is 13.2 Å². The van der Waals surface area contributed by atoms with Crippen molar-refractivity contribution in [2.75, 3.05) is 19.8 Å². The van der Waals surface area contributed by atoms with Crippen LogP contribution < -0.4 is 0 Å². The molecular formula is C18H32O7. The van der Waals surface area contributed by atoms with E-state index in [2.05, 4.69) is 23.3 Å². The molecule has 1 saturated heterocycles. The van der Waals surface area contributed by atoms with Gasteiger partial charge < -0.3 is 18.9 Å². The lowest BCUT2D eigenvalue weighted by molar-refractivity contribution is -0.146. The molecule has 0 amide bonds. The van der Waals surface area contributed by atoms with Crippen molar-refractivity contribution in [3.63, 3.8) is 0 Å². The lowest BCUT2D eigenvalue weighted by atomic mass is 10.2. The van der Waals surface area contributed by atoms with Crippen LogP contribution in [0, 0.1) is 0 Å². The van der Waals surface area contributed by atoms with Gasteiger partial charge in [0, 0.05) is 12.8 Å². The second kappa shape index (κ2) is 15.7. The van der Waals surface area contributed by atoms with Gasteiger partial charge in [-0.25, -0.2) is 4.79 Å². The largest absolute Gasteiger partial charge is 0.508 e. The van der Waals surface area contributed by atoms with Gasteiger partial charge in [0.2, 0.25) is 0 Å². The first kappa shape index (κ1) is 23.2. The molecule has 1 aliphatic rings. The summed E-state index contributed by atoms with van der Waals surface area (Å²) in [5, 5.41) is 0. The second-order valence-corrected chi connectivity index (χ2v) is 5.84. The highest BCUT2D eigenvalue weighted by molar-refractivity contribution is 5.70. The van der Waals surface area contributed by atoms with Crippen molar-refractivity contribution in [3.8, 4) is 0 Å². The molecule has 25 heavy (non-hydrogen) atoms. The number of unbranched alkanes of at least 4 members (excludes halogenated alkanes) is 3. The summed E-state index contributed by atoms with van der Waals surface area (Å²) < 4.78 is 18.9. The molecule has 0 aromatic heterocycles. The van der Waals surface area contributed by atoms with E-state index in [9.17, 15) is 14.4 Å². The van der Waals surface area contributed by atoms with Crippen molar-refractivity contribution < 1.29 is 33.3 Å². The summed E-state index contributed by atoms with van der Waals surface area (Å²) >= 11 is 0. The molecule has 146 valence electrons. The average molecular weight is 360 g/mol. The molecule has 0 aromatic carbocycles. The van der Waals surface area contributed by atoms with E-state index in [1.807, 2.05) is 0 Å². The summed E-state index contributed by atoms with van der Waals surface area (Å²) in [4.78, 5) is 32.5. The number of esters is 2. The van der Waals surface area contributed by atoms with Gasteiger partial charge in [0.1, 0.15) is 12.7 Å². The standard InChI is InChI=1S/C14H26O4.C4H6O3/c1-3-5-11-17-13(15)9-7-8-10-14(16)18-12-6-4-2;1-3-2-6-4(5)7-3/h3-12H2,1-2H3;3H,2H2,1H3. The SMILES string of the molecule is CC1COC(=O)O1.CCCCOC(=O)CCCCC(=O)OCCCC. The minimum Gasteiger partial charge on any atom is -0.466 e. The Bertz CT molecular complexity index is 358. The molecule has 1 fully saturated rings. The quantitative estimate of drug-likeness (QED) is 0.315. The van der Waals surface area contributed by atoms with E-state index in [1.54, 1.807) is 6.92 Å². The molecule has 0 spiro atoms. The third-order valence-corrected chi connectivity index (χ3v) is 3.27. The minimum atomic E-state index is -0.549. The molecule has 1 heterocycles. The summed E-state index contributed by atoms with van der Waals surface area (Å²) in [7, 11) is 0. The Labute approximate surface area is 150 Å². The highest BCUT2D eigenvalue weighted by atomic mass is 16.8. The Hall–Kier alpha value is -1.79. The maximum absolute atomic E-state index is 11.2. The van der Waals surface area contributed by atoms with Gasteiger partial charge in [-0.1, -0.05) is 26.7 Å². The maximum atomic E-state index is 11.2. The molecule has 0 N–H and O–H groups in total. The molecule has 7 nitrogen and oxygen atoms in total. The van der Waals surface area contributed by atoms with Crippen molar-refractivity contribution in [1.82, 2.24) is 0 Å². The molecule has 1 atom stereocenters. The first-order valence-electron chi connectivity index (χ1n) is 9.14. The normalized spacial score (nSPS) is 15.5. The first-order chi connectivity index (χ1) is 12.0. The van der Waals surface area contributed by atoms with E-state index in [1.165, 1.54) is 0 Å². The van der Waals surface area contributed by atoms with E-state index >= 15 is 0 Å². The monoisotopic (exact) mass is 360 g/mol. The van der Waals surface area contributed by atoms with Crippen LogP contribution in [0.4, 0.5) is 4.79 Å². The Balaban J connectivity index is 0.000000676. The average Bonchev–Trinajstić information content (AvgIpc) is 2.96. The van der Waals surface area contributed by atoms with Crippen LogP contribution >= 0.6 is 0 Å². The fourth-order valence-electron chi connectivity index (χ4n) is 1.76. The zero-order valence-corrected chi connectivity index (χ0v) is 15.7. The van der Waals surface area contributed by atoms with Gasteiger partial charge in [-0.05, 0) is 32.6 Å². The lowest BCUT2D eigenvalue weighted by Gasteiger charge is -2.04. The number of hydrogen-bond acceptors (Lipinski definition) is 7. The smallest absolute Gasteiger partial charge is 0.466 e. The number of carbonyl (C=O) groups is 3. The Kier molecular flexibility index (Phi) is 14.6. The zero-order valence-electron chi connectivity index (χ0n) is 15.7. The Morgan fingerprint density at radius 3 is 1.72 bits per heavy atom. The molecule has 0 aromatic rings. The molecule has 7 heteroatoms. The minimum absolute atomic E-state index is 0.0486. The van der Waals surface area contributed by atoms with Crippen molar-refractivity contribution >= 4 is 18.1 Å². The Morgan fingerprint density at radius 2 is 1.44 bits per heavy atom. The van der Waals surface area contributed by atoms with Crippen molar-refractivity contribution in [2.45, 2.75) is 78.2 Å².